The molecule has 0 aliphatic carbocycles. The molecule has 27 heavy (non-hydrogen) atoms. The lowest BCUT2D eigenvalue weighted by Crippen LogP contribution is -2.34. The third-order valence-corrected chi connectivity index (χ3v) is 4.79. The van der Waals surface area contributed by atoms with Crippen molar-refractivity contribution in [3.63, 3.8) is 0 Å². The fraction of sp³-hybridized carbons (Fsp3) is 0.381. The molecule has 2 N–H and O–H groups in total. The number of rotatable bonds is 7. The van der Waals surface area contributed by atoms with Crippen molar-refractivity contribution in [1.82, 2.24) is 5.32 Å². The number of anilines is 2. The molecule has 1 saturated heterocycles. The summed E-state index contributed by atoms with van der Waals surface area (Å²) in [5, 5.41) is 5.85. The van der Waals surface area contributed by atoms with Crippen LogP contribution in [0, 0.1) is 5.92 Å². The number of para-hydroxylation sites is 2. The van der Waals surface area contributed by atoms with Crippen LogP contribution < -0.4 is 20.3 Å². The van der Waals surface area contributed by atoms with Gasteiger partial charge in [0, 0.05) is 32.4 Å². The van der Waals surface area contributed by atoms with Gasteiger partial charge in [0.05, 0.1) is 19.4 Å². The molecule has 0 saturated carbocycles. The standard InChI is InChI=1S/C21H27N3O3/c1-26-15-16-7-9-18(10-8-16)23-21(25)22-13-17-11-12-24(14-17)19-5-3-4-6-20(19)27-2/h3-10,17H,11-15H2,1-2H3,(H2,22,23,25). The van der Waals surface area contributed by atoms with E-state index in [9.17, 15) is 4.79 Å². The molecule has 1 fully saturated rings. The van der Waals surface area contributed by atoms with Gasteiger partial charge in [-0.1, -0.05) is 24.3 Å². The topological polar surface area (TPSA) is 62.8 Å². The van der Waals surface area contributed by atoms with Gasteiger partial charge in [0.1, 0.15) is 5.75 Å². The van der Waals surface area contributed by atoms with Crippen molar-refractivity contribution in [1.29, 1.82) is 0 Å². The molecule has 1 unspecified atom stereocenters. The van der Waals surface area contributed by atoms with Crippen molar-refractivity contribution in [3.05, 3.63) is 54.1 Å². The third kappa shape index (κ3) is 5.14. The Bertz CT molecular complexity index is 749. The Morgan fingerprint density at radius 3 is 2.67 bits per heavy atom. The first-order chi connectivity index (χ1) is 13.2. The minimum atomic E-state index is -0.176. The van der Waals surface area contributed by atoms with E-state index in [1.54, 1.807) is 14.2 Å². The fourth-order valence-electron chi connectivity index (χ4n) is 3.37. The van der Waals surface area contributed by atoms with Crippen LogP contribution in [0.25, 0.3) is 0 Å². The van der Waals surface area contributed by atoms with Gasteiger partial charge in [0.2, 0.25) is 0 Å². The van der Waals surface area contributed by atoms with Crippen LogP contribution >= 0.6 is 0 Å². The van der Waals surface area contributed by atoms with Crippen LogP contribution in [0.4, 0.5) is 16.2 Å². The Labute approximate surface area is 160 Å². The normalized spacial score (nSPS) is 16.2. The van der Waals surface area contributed by atoms with E-state index in [1.165, 1.54) is 0 Å². The molecule has 6 heteroatoms. The summed E-state index contributed by atoms with van der Waals surface area (Å²) in [6, 6.07) is 15.5. The number of nitrogens with one attached hydrogen (secondary N) is 2. The second-order valence-corrected chi connectivity index (χ2v) is 6.74. The summed E-state index contributed by atoms with van der Waals surface area (Å²) >= 11 is 0. The first-order valence-electron chi connectivity index (χ1n) is 9.20. The van der Waals surface area contributed by atoms with Gasteiger partial charge in [-0.3, -0.25) is 0 Å². The summed E-state index contributed by atoms with van der Waals surface area (Å²) in [4.78, 5) is 14.5. The van der Waals surface area contributed by atoms with E-state index < -0.39 is 0 Å². The fourth-order valence-corrected chi connectivity index (χ4v) is 3.37. The third-order valence-electron chi connectivity index (χ3n) is 4.79. The molecule has 0 aromatic heterocycles. The van der Waals surface area contributed by atoms with Crippen molar-refractivity contribution >= 4 is 17.4 Å². The zero-order valence-corrected chi connectivity index (χ0v) is 15.9. The number of nitrogens with zero attached hydrogens (tertiary/aromatic N) is 1. The predicted molar refractivity (Wildman–Crippen MR) is 107 cm³/mol. The highest BCUT2D eigenvalue weighted by Crippen LogP contribution is 2.31. The van der Waals surface area contributed by atoms with Crippen molar-refractivity contribution in [2.45, 2.75) is 13.0 Å². The van der Waals surface area contributed by atoms with Gasteiger partial charge < -0.3 is 25.0 Å². The van der Waals surface area contributed by atoms with Gasteiger partial charge in [0.15, 0.2) is 0 Å². The molecule has 6 nitrogen and oxygen atoms in total. The zero-order chi connectivity index (χ0) is 19.1. The van der Waals surface area contributed by atoms with Crippen molar-refractivity contribution in [3.8, 4) is 5.75 Å². The Kier molecular flexibility index (Phi) is 6.54. The highest BCUT2D eigenvalue weighted by molar-refractivity contribution is 5.89. The zero-order valence-electron chi connectivity index (χ0n) is 15.9. The van der Waals surface area contributed by atoms with E-state index in [2.05, 4.69) is 21.6 Å². The SMILES string of the molecule is COCc1ccc(NC(=O)NCC2CCN(c3ccccc3OC)C2)cc1. The number of amides is 2. The second kappa shape index (κ2) is 9.28. The number of carbonyl (C=O) groups excluding carboxylic acids is 1. The summed E-state index contributed by atoms with van der Waals surface area (Å²) in [7, 11) is 3.36. The Morgan fingerprint density at radius 1 is 1.15 bits per heavy atom. The lowest BCUT2D eigenvalue weighted by Gasteiger charge is -2.21. The number of urea groups is 1. The molecule has 2 aromatic rings. The summed E-state index contributed by atoms with van der Waals surface area (Å²) in [6.07, 6.45) is 1.05. The highest BCUT2D eigenvalue weighted by Gasteiger charge is 2.24. The molecule has 1 aliphatic heterocycles. The molecule has 144 valence electrons. The molecule has 0 spiro atoms. The van der Waals surface area contributed by atoms with E-state index in [1.807, 2.05) is 42.5 Å². The maximum absolute atomic E-state index is 12.2. The lowest BCUT2D eigenvalue weighted by atomic mass is 10.1. The quantitative estimate of drug-likeness (QED) is 0.784. The Morgan fingerprint density at radius 2 is 1.93 bits per heavy atom. The first kappa shape index (κ1) is 19.0. The Balaban J connectivity index is 1.45. The second-order valence-electron chi connectivity index (χ2n) is 6.74. The van der Waals surface area contributed by atoms with Crippen LogP contribution in [-0.4, -0.2) is 39.9 Å². The van der Waals surface area contributed by atoms with Crippen LogP contribution in [0.5, 0.6) is 5.75 Å². The van der Waals surface area contributed by atoms with Crippen LogP contribution in [0.3, 0.4) is 0 Å². The van der Waals surface area contributed by atoms with Gasteiger partial charge in [-0.05, 0) is 42.2 Å². The lowest BCUT2D eigenvalue weighted by molar-refractivity contribution is 0.185. The van der Waals surface area contributed by atoms with Gasteiger partial charge in [-0.15, -0.1) is 0 Å². The summed E-state index contributed by atoms with van der Waals surface area (Å²) in [5.74, 6) is 1.31. The number of ether oxygens (including phenoxy) is 2. The number of methoxy groups -OCH3 is 2. The van der Waals surface area contributed by atoms with Gasteiger partial charge in [0.25, 0.3) is 0 Å². The molecule has 2 aromatic carbocycles. The molecule has 3 rings (SSSR count). The van der Waals surface area contributed by atoms with E-state index >= 15 is 0 Å². The minimum absolute atomic E-state index is 0.176. The van der Waals surface area contributed by atoms with Crippen molar-refractivity contribution < 1.29 is 14.3 Å². The molecule has 0 radical (unpaired) electrons. The van der Waals surface area contributed by atoms with Gasteiger partial charge >= 0.3 is 6.03 Å². The Hall–Kier alpha value is -2.73. The van der Waals surface area contributed by atoms with Crippen molar-refractivity contribution in [2.24, 2.45) is 5.92 Å². The molecular formula is C21H27N3O3. The average Bonchev–Trinajstić information content (AvgIpc) is 3.17. The molecule has 1 aliphatic rings. The number of benzene rings is 2. The van der Waals surface area contributed by atoms with Crippen molar-refractivity contribution in [2.75, 3.05) is 44.1 Å². The van der Waals surface area contributed by atoms with Gasteiger partial charge in [-0.2, -0.15) is 0 Å². The smallest absolute Gasteiger partial charge is 0.319 e. The van der Waals surface area contributed by atoms with Crippen LogP contribution in [-0.2, 0) is 11.3 Å². The maximum Gasteiger partial charge on any atom is 0.319 e. The molecular weight excluding hydrogens is 342 g/mol. The average molecular weight is 369 g/mol. The maximum atomic E-state index is 12.2. The summed E-state index contributed by atoms with van der Waals surface area (Å²) in [5.41, 5.74) is 2.96. The number of carbonyl (C=O) groups is 1. The molecule has 1 heterocycles. The molecule has 2 amide bonds. The number of hydrogen-bond donors (Lipinski definition) is 2. The molecule has 1 atom stereocenters. The summed E-state index contributed by atoms with van der Waals surface area (Å²) in [6.45, 7) is 3.10. The van der Waals surface area contributed by atoms with E-state index in [0.717, 1.165) is 42.2 Å². The van der Waals surface area contributed by atoms with Crippen LogP contribution in [0.1, 0.15) is 12.0 Å². The predicted octanol–water partition coefficient (Wildman–Crippen LogP) is 3.49. The van der Waals surface area contributed by atoms with Gasteiger partial charge in [-0.25, -0.2) is 4.79 Å². The monoisotopic (exact) mass is 369 g/mol. The van der Waals surface area contributed by atoms with E-state index in [-0.39, 0.29) is 6.03 Å². The first-order valence-corrected chi connectivity index (χ1v) is 9.20. The van der Waals surface area contributed by atoms with Crippen LogP contribution in [0.15, 0.2) is 48.5 Å². The van der Waals surface area contributed by atoms with E-state index in [0.29, 0.717) is 19.1 Å². The highest BCUT2D eigenvalue weighted by atomic mass is 16.5. The van der Waals surface area contributed by atoms with E-state index in [4.69, 9.17) is 9.47 Å². The molecule has 0 bridgehead atoms. The largest absolute Gasteiger partial charge is 0.495 e. The summed E-state index contributed by atoms with van der Waals surface area (Å²) < 4.78 is 10.5. The number of hydrogen-bond acceptors (Lipinski definition) is 4. The minimum Gasteiger partial charge on any atom is -0.495 e. The van der Waals surface area contributed by atoms with Crippen LogP contribution in [0.2, 0.25) is 0 Å².